The van der Waals surface area contributed by atoms with Gasteiger partial charge in [0.05, 0.1) is 27.9 Å². The Hall–Kier alpha value is -5.22. The molecule has 4 nitrogen and oxygen atoms in total. The monoisotopic (exact) mass is 543 g/mol. The molecule has 0 atom stereocenters. The van der Waals surface area contributed by atoms with Crippen molar-refractivity contribution in [1.29, 1.82) is 0 Å². The minimum absolute atomic E-state index is 0.0468. The summed E-state index contributed by atoms with van der Waals surface area (Å²) in [5, 5.41) is 4.87. The number of fused-ring (bicyclic) bond motifs is 6. The van der Waals surface area contributed by atoms with Gasteiger partial charge in [-0.05, 0) is 65.6 Å². The number of hydrogen-bond acceptors (Lipinski definition) is 3. The summed E-state index contributed by atoms with van der Waals surface area (Å²) in [7, 11) is 0. The zero-order valence-corrected chi connectivity index (χ0v) is 23.8. The molecule has 4 heteroatoms. The van der Waals surface area contributed by atoms with Gasteiger partial charge in [0.25, 0.3) is 0 Å². The zero-order chi connectivity index (χ0) is 28.4. The largest absolute Gasteiger partial charge is 0.457 e. The van der Waals surface area contributed by atoms with Crippen LogP contribution in [0.4, 0.5) is 0 Å². The lowest BCUT2D eigenvalue weighted by atomic mass is 9.87. The van der Waals surface area contributed by atoms with E-state index in [1.807, 2.05) is 36.7 Å². The second kappa shape index (κ2) is 9.15. The SMILES string of the molecule is CC(C)(C)c1ccnc(-c2cccc(Oc3cc(-c4ccccn4)c4c(c3)c3cccc5c6ccccc6n4c53)c2)c1. The molecule has 0 fully saturated rings. The Bertz CT molecular complexity index is 2260. The van der Waals surface area contributed by atoms with Crippen LogP contribution in [0.5, 0.6) is 11.5 Å². The smallest absolute Gasteiger partial charge is 0.128 e. The molecule has 4 aromatic heterocycles. The predicted octanol–water partition coefficient (Wildman–Crippen LogP) is 10.1. The average Bonchev–Trinajstić information content (AvgIpc) is 3.53. The molecule has 0 saturated carbocycles. The molecule has 0 saturated heterocycles. The van der Waals surface area contributed by atoms with E-state index >= 15 is 0 Å². The van der Waals surface area contributed by atoms with Gasteiger partial charge in [-0.2, -0.15) is 0 Å². The van der Waals surface area contributed by atoms with Crippen molar-refractivity contribution in [2.75, 3.05) is 0 Å². The second-order valence-electron chi connectivity index (χ2n) is 11.9. The van der Waals surface area contributed by atoms with Crippen molar-refractivity contribution < 1.29 is 4.74 Å². The van der Waals surface area contributed by atoms with E-state index in [1.54, 1.807) is 0 Å². The Kier molecular flexibility index (Phi) is 5.35. The second-order valence-corrected chi connectivity index (χ2v) is 11.9. The number of nitrogens with zero attached hydrogens (tertiary/aromatic N) is 3. The normalized spacial score (nSPS) is 12.2. The maximum Gasteiger partial charge on any atom is 0.128 e. The molecule has 202 valence electrons. The van der Waals surface area contributed by atoms with Crippen molar-refractivity contribution in [2.45, 2.75) is 26.2 Å². The standard InChI is InChI=1S/C38H29N3O/c1-38(2,3)25-17-19-40-34(21-25)24-10-8-11-26(20-24)42-27-22-31-30-14-9-13-29-28-12-4-5-16-35(28)41(36(29)30)37(31)32(23-27)33-15-6-7-18-39-33/h4-23H,1-3H3. The molecule has 8 aromatic rings. The van der Waals surface area contributed by atoms with Gasteiger partial charge in [0.1, 0.15) is 11.5 Å². The van der Waals surface area contributed by atoms with Crippen molar-refractivity contribution in [1.82, 2.24) is 14.4 Å². The van der Waals surface area contributed by atoms with E-state index in [9.17, 15) is 0 Å². The van der Waals surface area contributed by atoms with E-state index in [-0.39, 0.29) is 5.41 Å². The lowest BCUT2D eigenvalue weighted by Crippen LogP contribution is -2.11. The first-order valence-corrected chi connectivity index (χ1v) is 14.3. The van der Waals surface area contributed by atoms with Crippen LogP contribution in [0.2, 0.25) is 0 Å². The quantitative estimate of drug-likeness (QED) is 0.222. The topological polar surface area (TPSA) is 39.4 Å². The number of rotatable bonds is 4. The highest BCUT2D eigenvalue weighted by Crippen LogP contribution is 2.44. The summed E-state index contributed by atoms with van der Waals surface area (Å²) in [5.74, 6) is 1.54. The fraction of sp³-hybridized carbons (Fsp3) is 0.105. The Morgan fingerprint density at radius 3 is 2.17 bits per heavy atom. The number of aromatic nitrogens is 3. The lowest BCUT2D eigenvalue weighted by molar-refractivity contribution is 0.484. The van der Waals surface area contributed by atoms with Crippen LogP contribution in [-0.4, -0.2) is 14.4 Å². The molecule has 0 N–H and O–H groups in total. The molecule has 8 rings (SSSR count). The lowest BCUT2D eigenvalue weighted by Gasteiger charge is -2.19. The van der Waals surface area contributed by atoms with Gasteiger partial charge in [-0.15, -0.1) is 0 Å². The van der Waals surface area contributed by atoms with Crippen LogP contribution in [0.25, 0.3) is 60.6 Å². The third kappa shape index (κ3) is 3.83. The fourth-order valence-electron chi connectivity index (χ4n) is 6.21. The van der Waals surface area contributed by atoms with Crippen LogP contribution in [-0.2, 0) is 5.41 Å². The van der Waals surface area contributed by atoms with Gasteiger partial charge in [0.2, 0.25) is 0 Å². The maximum atomic E-state index is 6.62. The number of pyridine rings is 2. The highest BCUT2D eigenvalue weighted by molar-refractivity contribution is 6.25. The number of para-hydroxylation sites is 2. The highest BCUT2D eigenvalue weighted by Gasteiger charge is 2.21. The molecule has 0 aliphatic heterocycles. The van der Waals surface area contributed by atoms with E-state index in [0.29, 0.717) is 0 Å². The number of hydrogen-bond donors (Lipinski definition) is 0. The molecule has 4 aromatic carbocycles. The molecule has 0 aliphatic rings. The Morgan fingerprint density at radius 2 is 1.33 bits per heavy atom. The van der Waals surface area contributed by atoms with Crippen LogP contribution >= 0.6 is 0 Å². The summed E-state index contributed by atoms with van der Waals surface area (Å²) < 4.78 is 9.02. The molecule has 0 amide bonds. The van der Waals surface area contributed by atoms with Crippen LogP contribution in [0.1, 0.15) is 26.3 Å². The third-order valence-corrected chi connectivity index (χ3v) is 8.22. The highest BCUT2D eigenvalue weighted by atomic mass is 16.5. The summed E-state index contributed by atoms with van der Waals surface area (Å²) in [4.78, 5) is 9.44. The van der Waals surface area contributed by atoms with Crippen molar-refractivity contribution >= 4 is 38.1 Å². The van der Waals surface area contributed by atoms with Crippen molar-refractivity contribution in [3.8, 4) is 34.0 Å². The molecule has 4 heterocycles. The Morgan fingerprint density at radius 1 is 0.571 bits per heavy atom. The van der Waals surface area contributed by atoms with E-state index in [0.717, 1.165) is 44.9 Å². The van der Waals surface area contributed by atoms with Gasteiger partial charge in [0, 0.05) is 45.1 Å². The minimum Gasteiger partial charge on any atom is -0.457 e. The number of ether oxygens (including phenoxy) is 1. The predicted molar refractivity (Wildman–Crippen MR) is 173 cm³/mol. The summed E-state index contributed by atoms with van der Waals surface area (Å²) >= 11 is 0. The van der Waals surface area contributed by atoms with Gasteiger partial charge in [-0.25, -0.2) is 0 Å². The van der Waals surface area contributed by atoms with Crippen LogP contribution in [0, 0.1) is 0 Å². The van der Waals surface area contributed by atoms with E-state index < -0.39 is 0 Å². The van der Waals surface area contributed by atoms with Crippen LogP contribution in [0.15, 0.2) is 122 Å². The zero-order valence-electron chi connectivity index (χ0n) is 23.8. The van der Waals surface area contributed by atoms with E-state index in [4.69, 9.17) is 9.72 Å². The first-order chi connectivity index (χ1) is 20.5. The molecule has 0 aliphatic carbocycles. The van der Waals surface area contributed by atoms with E-state index in [2.05, 4.69) is 115 Å². The molecular formula is C38H29N3O. The van der Waals surface area contributed by atoms with Crippen molar-refractivity contribution in [3.05, 3.63) is 127 Å². The van der Waals surface area contributed by atoms with Gasteiger partial charge >= 0.3 is 0 Å². The van der Waals surface area contributed by atoms with Gasteiger partial charge < -0.3 is 9.14 Å². The molecule has 0 radical (unpaired) electrons. The van der Waals surface area contributed by atoms with E-state index in [1.165, 1.54) is 32.8 Å². The number of benzene rings is 4. The first-order valence-electron chi connectivity index (χ1n) is 14.3. The Labute approximate surface area is 244 Å². The summed E-state index contributed by atoms with van der Waals surface area (Å²) in [5.41, 5.74) is 8.79. The molecule has 0 unspecified atom stereocenters. The summed E-state index contributed by atoms with van der Waals surface area (Å²) in [6.07, 6.45) is 3.74. The minimum atomic E-state index is 0.0468. The molecule has 42 heavy (non-hydrogen) atoms. The summed E-state index contributed by atoms with van der Waals surface area (Å²) in [6.45, 7) is 6.66. The van der Waals surface area contributed by atoms with Gasteiger partial charge in [0.15, 0.2) is 0 Å². The van der Waals surface area contributed by atoms with Gasteiger partial charge in [-0.1, -0.05) is 75.4 Å². The van der Waals surface area contributed by atoms with Gasteiger partial charge in [-0.3, -0.25) is 9.97 Å². The van der Waals surface area contributed by atoms with Crippen molar-refractivity contribution in [3.63, 3.8) is 0 Å². The summed E-state index contributed by atoms with van der Waals surface area (Å²) in [6, 6.07) is 38.0. The third-order valence-electron chi connectivity index (χ3n) is 8.22. The van der Waals surface area contributed by atoms with Crippen LogP contribution in [0.3, 0.4) is 0 Å². The first kappa shape index (κ1) is 24.6. The molecule has 0 spiro atoms. The average molecular weight is 544 g/mol. The van der Waals surface area contributed by atoms with Crippen LogP contribution < -0.4 is 4.74 Å². The van der Waals surface area contributed by atoms with Crippen molar-refractivity contribution in [2.24, 2.45) is 0 Å². The fourth-order valence-corrected chi connectivity index (χ4v) is 6.21. The molecular weight excluding hydrogens is 514 g/mol. The Balaban J connectivity index is 1.32. The maximum absolute atomic E-state index is 6.62. The molecule has 0 bridgehead atoms.